The van der Waals surface area contributed by atoms with E-state index in [1.165, 1.54) is 16.4 Å². The van der Waals surface area contributed by atoms with Crippen LogP contribution < -0.4 is 0 Å². The number of aliphatic hydroxyl groups excluding tert-OH is 1. The molecule has 1 fully saturated rings. The van der Waals surface area contributed by atoms with Crippen LogP contribution in [0.2, 0.25) is 0 Å². The Bertz CT molecular complexity index is 535. The van der Waals surface area contributed by atoms with E-state index in [1.807, 2.05) is 0 Å². The van der Waals surface area contributed by atoms with Gasteiger partial charge in [-0.15, -0.1) is 0 Å². The number of nitrogens with zero attached hydrogens (tertiary/aromatic N) is 1. The maximum atomic E-state index is 12.5. The van der Waals surface area contributed by atoms with Crippen molar-refractivity contribution in [2.24, 2.45) is 5.41 Å². The zero-order valence-corrected chi connectivity index (χ0v) is 12.9. The molecule has 20 heavy (non-hydrogen) atoms. The van der Waals surface area contributed by atoms with Crippen molar-refractivity contribution in [3.63, 3.8) is 0 Å². The second kappa shape index (κ2) is 5.87. The summed E-state index contributed by atoms with van der Waals surface area (Å²) in [6.07, 6.45) is 3.97. The summed E-state index contributed by atoms with van der Waals surface area (Å²) in [5.74, 6) is 0.275. The van der Waals surface area contributed by atoms with E-state index >= 15 is 0 Å². The highest BCUT2D eigenvalue weighted by atomic mass is 32.2. The molecule has 2 heterocycles. The second-order valence-corrected chi connectivity index (χ2v) is 7.36. The topological polar surface area (TPSA) is 70.8 Å². The zero-order chi connectivity index (χ0) is 14.8. The van der Waals surface area contributed by atoms with Crippen molar-refractivity contribution in [2.75, 3.05) is 13.1 Å². The van der Waals surface area contributed by atoms with Crippen LogP contribution in [0.15, 0.2) is 21.6 Å². The van der Waals surface area contributed by atoms with Gasteiger partial charge in [-0.25, -0.2) is 8.42 Å². The zero-order valence-electron chi connectivity index (χ0n) is 12.1. The smallest absolute Gasteiger partial charge is 0.276 e. The van der Waals surface area contributed by atoms with Crippen LogP contribution in [0.4, 0.5) is 0 Å². The number of sulfonamides is 1. The summed E-state index contributed by atoms with van der Waals surface area (Å²) in [7, 11) is -3.56. The van der Waals surface area contributed by atoms with Crippen molar-refractivity contribution in [3.05, 3.63) is 17.9 Å². The van der Waals surface area contributed by atoms with Gasteiger partial charge in [0.2, 0.25) is 5.09 Å². The number of rotatable bonds is 5. The van der Waals surface area contributed by atoms with Crippen molar-refractivity contribution in [1.82, 2.24) is 4.31 Å². The number of hydrogen-bond donors (Lipinski definition) is 1. The van der Waals surface area contributed by atoms with Gasteiger partial charge in [0.25, 0.3) is 10.0 Å². The Hall–Kier alpha value is -0.850. The first-order valence-corrected chi connectivity index (χ1v) is 8.61. The van der Waals surface area contributed by atoms with Crippen LogP contribution in [0.5, 0.6) is 0 Å². The Labute approximate surface area is 120 Å². The monoisotopic (exact) mass is 301 g/mol. The van der Waals surface area contributed by atoms with Gasteiger partial charge < -0.3 is 9.52 Å². The van der Waals surface area contributed by atoms with E-state index in [4.69, 9.17) is 9.52 Å². The molecule has 0 amide bonds. The lowest BCUT2D eigenvalue weighted by atomic mass is 9.75. The molecule has 0 aromatic carbocycles. The highest BCUT2D eigenvalue weighted by Crippen LogP contribution is 2.39. The molecule has 1 aliphatic heterocycles. The third-order valence-electron chi connectivity index (χ3n) is 4.67. The molecule has 1 aliphatic rings. The first-order chi connectivity index (χ1) is 9.47. The van der Waals surface area contributed by atoms with Gasteiger partial charge in [0, 0.05) is 13.1 Å². The van der Waals surface area contributed by atoms with Crippen LogP contribution in [0.25, 0.3) is 0 Å². The Morgan fingerprint density at radius 1 is 1.25 bits per heavy atom. The average Bonchev–Trinajstić information content (AvgIpc) is 2.97. The van der Waals surface area contributed by atoms with Gasteiger partial charge in [-0.05, 0) is 30.4 Å². The fourth-order valence-electron chi connectivity index (χ4n) is 2.87. The van der Waals surface area contributed by atoms with Crippen molar-refractivity contribution in [2.45, 2.75) is 51.2 Å². The third kappa shape index (κ3) is 2.77. The molecule has 1 aromatic heterocycles. The number of piperidine rings is 1. The predicted molar refractivity (Wildman–Crippen MR) is 75.6 cm³/mol. The molecule has 0 aliphatic carbocycles. The van der Waals surface area contributed by atoms with Crippen molar-refractivity contribution in [3.8, 4) is 0 Å². The lowest BCUT2D eigenvalue weighted by molar-refractivity contribution is 0.140. The van der Waals surface area contributed by atoms with Crippen molar-refractivity contribution >= 4 is 10.0 Å². The minimum atomic E-state index is -3.56. The van der Waals surface area contributed by atoms with Gasteiger partial charge in [-0.1, -0.05) is 26.7 Å². The molecule has 0 bridgehead atoms. The van der Waals surface area contributed by atoms with E-state index in [9.17, 15) is 8.42 Å². The second-order valence-electron chi connectivity index (χ2n) is 5.49. The standard InChI is InChI=1S/C14H23NO4S/c1-3-14(4-2)7-9-15(10-8-14)20(17,18)13-6-5-12(11-16)19-13/h5-6,16H,3-4,7-11H2,1-2H3. The van der Waals surface area contributed by atoms with Gasteiger partial charge >= 0.3 is 0 Å². The van der Waals surface area contributed by atoms with Gasteiger partial charge in [0.05, 0.1) is 0 Å². The van der Waals surface area contributed by atoms with Crippen molar-refractivity contribution < 1.29 is 17.9 Å². The first-order valence-electron chi connectivity index (χ1n) is 7.17. The highest BCUT2D eigenvalue weighted by molar-refractivity contribution is 7.89. The van der Waals surface area contributed by atoms with Crippen LogP contribution in [-0.4, -0.2) is 30.9 Å². The van der Waals surface area contributed by atoms with Gasteiger partial charge in [0.1, 0.15) is 12.4 Å². The largest absolute Gasteiger partial charge is 0.446 e. The first kappa shape index (κ1) is 15.5. The van der Waals surface area contributed by atoms with Crippen LogP contribution in [0.1, 0.15) is 45.3 Å². The van der Waals surface area contributed by atoms with E-state index in [-0.39, 0.29) is 22.9 Å². The Balaban J connectivity index is 2.13. The van der Waals surface area contributed by atoms with Crippen molar-refractivity contribution in [1.29, 1.82) is 0 Å². The summed E-state index contributed by atoms with van der Waals surface area (Å²) in [4.78, 5) is 0. The van der Waals surface area contributed by atoms with Crippen LogP contribution >= 0.6 is 0 Å². The average molecular weight is 301 g/mol. The SMILES string of the molecule is CCC1(CC)CCN(S(=O)(=O)c2ccc(CO)o2)CC1. The van der Waals surface area contributed by atoms with Crippen LogP contribution in [0, 0.1) is 5.41 Å². The Morgan fingerprint density at radius 3 is 2.30 bits per heavy atom. The summed E-state index contributed by atoms with van der Waals surface area (Å²) in [5, 5.41) is 8.89. The summed E-state index contributed by atoms with van der Waals surface area (Å²) in [6, 6.07) is 2.92. The van der Waals surface area contributed by atoms with Gasteiger partial charge in [-0.2, -0.15) is 4.31 Å². The quantitative estimate of drug-likeness (QED) is 0.906. The van der Waals surface area contributed by atoms with E-state index in [1.54, 1.807) is 0 Å². The summed E-state index contributed by atoms with van der Waals surface area (Å²) < 4.78 is 31.6. The molecule has 1 N–H and O–H groups in total. The summed E-state index contributed by atoms with van der Waals surface area (Å²) in [5.41, 5.74) is 0.283. The van der Waals surface area contributed by atoms with E-state index in [2.05, 4.69) is 13.8 Å². The fourth-order valence-corrected chi connectivity index (χ4v) is 4.24. The highest BCUT2D eigenvalue weighted by Gasteiger charge is 2.37. The van der Waals surface area contributed by atoms with E-state index < -0.39 is 10.0 Å². The van der Waals surface area contributed by atoms with Crippen LogP contribution in [-0.2, 0) is 16.6 Å². The maximum Gasteiger partial charge on any atom is 0.276 e. The Morgan fingerprint density at radius 2 is 1.85 bits per heavy atom. The molecule has 5 nitrogen and oxygen atoms in total. The molecule has 0 spiro atoms. The molecular formula is C14H23NO4S. The fraction of sp³-hybridized carbons (Fsp3) is 0.714. The molecule has 0 atom stereocenters. The minimum absolute atomic E-state index is 0.0675. The molecule has 0 unspecified atom stereocenters. The molecule has 0 radical (unpaired) electrons. The predicted octanol–water partition coefficient (Wildman–Crippen LogP) is 2.36. The number of hydrogen-bond acceptors (Lipinski definition) is 4. The molecule has 6 heteroatoms. The lowest BCUT2D eigenvalue weighted by Crippen LogP contribution is -2.42. The van der Waals surface area contributed by atoms with Crippen LogP contribution in [0.3, 0.4) is 0 Å². The normalized spacial score (nSPS) is 20.1. The molecule has 1 aromatic rings. The number of furan rings is 1. The summed E-state index contributed by atoms with van der Waals surface area (Å²) in [6.45, 7) is 5.14. The summed E-state index contributed by atoms with van der Waals surface area (Å²) >= 11 is 0. The molecule has 114 valence electrons. The number of aliphatic hydroxyl groups is 1. The van der Waals surface area contributed by atoms with Gasteiger partial charge in [-0.3, -0.25) is 0 Å². The Kier molecular flexibility index (Phi) is 4.56. The van der Waals surface area contributed by atoms with E-state index in [0.717, 1.165) is 25.7 Å². The maximum absolute atomic E-state index is 12.5. The van der Waals surface area contributed by atoms with E-state index in [0.29, 0.717) is 13.1 Å². The molecule has 2 rings (SSSR count). The molecular weight excluding hydrogens is 278 g/mol. The third-order valence-corrected chi connectivity index (χ3v) is 6.44. The molecule has 0 saturated carbocycles. The minimum Gasteiger partial charge on any atom is -0.446 e. The lowest BCUT2D eigenvalue weighted by Gasteiger charge is -2.40. The van der Waals surface area contributed by atoms with Gasteiger partial charge in [0.15, 0.2) is 0 Å². The molecule has 1 saturated heterocycles.